The zero-order chi connectivity index (χ0) is 5.21. The zero-order valence-corrected chi connectivity index (χ0v) is 3.93. The van der Waals surface area contributed by atoms with Crippen molar-refractivity contribution in [3.63, 3.8) is 0 Å². The molecular formula is H4FO5P. The summed E-state index contributed by atoms with van der Waals surface area (Å²) in [5, 5.41) is 0. The first-order chi connectivity index (χ1) is 2.56. The minimum atomic E-state index is -4.81. The summed E-state index contributed by atoms with van der Waals surface area (Å²) >= 11 is 0. The zero-order valence-electron chi connectivity index (χ0n) is 3.04. The largest absolute Gasteiger partial charge is 0.500 e. The van der Waals surface area contributed by atoms with E-state index < -0.39 is 7.82 Å². The first-order valence-electron chi connectivity index (χ1n) is 0.919. The van der Waals surface area contributed by atoms with Crippen LogP contribution in [0.5, 0.6) is 0 Å². The molecule has 0 aliphatic rings. The summed E-state index contributed by atoms with van der Waals surface area (Å²) in [4.78, 5) is 14.7. The van der Waals surface area contributed by atoms with Crippen LogP contribution in [0.3, 0.4) is 0 Å². The van der Waals surface area contributed by atoms with Crippen molar-refractivity contribution in [2.24, 2.45) is 0 Å². The lowest BCUT2D eigenvalue weighted by molar-refractivity contribution is -0.0389. The Labute approximate surface area is 38.2 Å². The maximum absolute atomic E-state index is 10.2. The molecule has 0 unspecified atom stereocenters. The van der Waals surface area contributed by atoms with Crippen molar-refractivity contribution in [1.82, 2.24) is 0 Å². The van der Waals surface area contributed by atoms with E-state index in [2.05, 4.69) is 4.73 Å². The van der Waals surface area contributed by atoms with Crippen LogP contribution < -0.4 is 0 Å². The molecule has 0 aliphatic carbocycles. The van der Waals surface area contributed by atoms with Crippen LogP contribution in [0.4, 0.5) is 4.53 Å². The third kappa shape index (κ3) is 10.7. The van der Waals surface area contributed by atoms with Gasteiger partial charge in [-0.25, -0.2) is 4.57 Å². The van der Waals surface area contributed by atoms with Gasteiger partial charge in [-0.1, -0.05) is 4.73 Å². The van der Waals surface area contributed by atoms with Crippen molar-refractivity contribution < 1.29 is 29.1 Å². The van der Waals surface area contributed by atoms with Crippen LogP contribution in [0.1, 0.15) is 0 Å². The molecule has 0 amide bonds. The van der Waals surface area contributed by atoms with Gasteiger partial charge in [-0.3, -0.25) is 0 Å². The van der Waals surface area contributed by atoms with Gasteiger partial charge in [0.05, 0.1) is 0 Å². The molecule has 0 heterocycles. The third-order valence-corrected chi connectivity index (χ3v) is 0.270. The lowest BCUT2D eigenvalue weighted by atomic mass is 15.6. The average Bonchev–Trinajstić information content (AvgIpc) is 1.35. The number of rotatable bonds is 1. The van der Waals surface area contributed by atoms with E-state index >= 15 is 0 Å². The normalized spacial score (nSPS) is 10.1. The molecule has 0 bridgehead atoms. The number of halogens is 1. The smallest absolute Gasteiger partial charge is 0.412 e. The summed E-state index contributed by atoms with van der Waals surface area (Å²) in [5.74, 6) is 0. The molecule has 0 radical (unpaired) electrons. The van der Waals surface area contributed by atoms with E-state index in [4.69, 9.17) is 14.4 Å². The van der Waals surface area contributed by atoms with Crippen LogP contribution in [0.2, 0.25) is 0 Å². The third-order valence-electron chi connectivity index (χ3n) is 0.0899. The quantitative estimate of drug-likeness (QED) is 0.456. The fourth-order valence-corrected chi connectivity index (χ4v) is 0. The van der Waals surface area contributed by atoms with Crippen molar-refractivity contribution in [2.75, 3.05) is 0 Å². The topological polar surface area (TPSA) is 98.3 Å². The fraction of sp³-hybridized carbons (Fsp3) is 0. The summed E-state index contributed by atoms with van der Waals surface area (Å²) in [6, 6.07) is 0. The molecule has 0 aromatic rings. The molecule has 5 nitrogen and oxygen atoms in total. The molecule has 0 aliphatic heterocycles. The molecule has 7 heavy (non-hydrogen) atoms. The molecule has 0 atom stereocenters. The predicted molar refractivity (Wildman–Crippen MR) is 17.9 cm³/mol. The maximum atomic E-state index is 10.2. The van der Waals surface area contributed by atoms with Crippen molar-refractivity contribution in [3.8, 4) is 0 Å². The Hall–Kier alpha value is -0.0000000000000000555. The molecule has 0 fully saturated rings. The van der Waals surface area contributed by atoms with Gasteiger partial charge in [0.25, 0.3) is 0 Å². The SMILES string of the molecule is O.O=P(O)(O)OF. The molecule has 0 aromatic carbocycles. The lowest BCUT2D eigenvalue weighted by Gasteiger charge is -1.87. The Bertz CT molecular complexity index is 72.1. The van der Waals surface area contributed by atoms with Gasteiger partial charge < -0.3 is 15.3 Å². The summed E-state index contributed by atoms with van der Waals surface area (Å²) in [6.07, 6.45) is 0. The molecule has 4 N–H and O–H groups in total. The van der Waals surface area contributed by atoms with E-state index in [-0.39, 0.29) is 5.48 Å². The van der Waals surface area contributed by atoms with Gasteiger partial charge in [-0.15, -0.1) is 0 Å². The summed E-state index contributed by atoms with van der Waals surface area (Å²) in [7, 11) is -4.81. The van der Waals surface area contributed by atoms with Gasteiger partial charge >= 0.3 is 7.82 Å². The molecule has 0 aromatic heterocycles. The second-order valence-corrected chi connectivity index (χ2v) is 1.68. The molecule has 0 spiro atoms. The van der Waals surface area contributed by atoms with Crippen molar-refractivity contribution >= 4 is 7.82 Å². The second-order valence-electron chi connectivity index (χ2n) is 0.560. The van der Waals surface area contributed by atoms with Gasteiger partial charge in [0.1, 0.15) is 0 Å². The summed E-state index contributed by atoms with van der Waals surface area (Å²) in [5.41, 5.74) is 0. The fourth-order valence-electron chi connectivity index (χ4n) is 0. The molecule has 46 valence electrons. The lowest BCUT2D eigenvalue weighted by Crippen LogP contribution is -1.71. The van der Waals surface area contributed by atoms with Crippen molar-refractivity contribution in [1.29, 1.82) is 0 Å². The Morgan fingerprint density at radius 1 is 1.57 bits per heavy atom. The number of hydrogen-bond acceptors (Lipinski definition) is 2. The number of phosphoric acid groups is 1. The van der Waals surface area contributed by atoms with Crippen LogP contribution in [0, 0.1) is 0 Å². The Balaban J connectivity index is 0. The summed E-state index contributed by atoms with van der Waals surface area (Å²) < 4.78 is 21.4. The number of hydrogen-bond donors (Lipinski definition) is 2. The molecule has 0 saturated heterocycles. The van der Waals surface area contributed by atoms with E-state index in [1.54, 1.807) is 0 Å². The first-order valence-corrected chi connectivity index (χ1v) is 2.45. The van der Waals surface area contributed by atoms with Crippen molar-refractivity contribution in [2.45, 2.75) is 0 Å². The van der Waals surface area contributed by atoms with Gasteiger partial charge in [-0.2, -0.15) is 0 Å². The highest BCUT2D eigenvalue weighted by atomic mass is 31.2. The predicted octanol–water partition coefficient (Wildman–Crippen LogP) is -0.845. The van der Waals surface area contributed by atoms with Crippen LogP contribution >= 0.6 is 7.82 Å². The van der Waals surface area contributed by atoms with E-state index in [1.807, 2.05) is 0 Å². The highest BCUT2D eigenvalue weighted by molar-refractivity contribution is 7.46. The second kappa shape index (κ2) is 3.06. The Kier molecular flexibility index (Phi) is 4.41. The van der Waals surface area contributed by atoms with Crippen LogP contribution in [-0.4, -0.2) is 15.3 Å². The van der Waals surface area contributed by atoms with Crippen LogP contribution in [0.25, 0.3) is 0 Å². The van der Waals surface area contributed by atoms with Crippen LogP contribution in [-0.2, 0) is 9.29 Å². The van der Waals surface area contributed by atoms with E-state index in [9.17, 15) is 4.53 Å². The minimum absolute atomic E-state index is 0. The average molecular weight is 134 g/mol. The first kappa shape index (κ1) is 10.1. The van der Waals surface area contributed by atoms with Gasteiger partial charge in [0.2, 0.25) is 0 Å². The molecule has 0 rings (SSSR count). The highest BCUT2D eigenvalue weighted by Crippen LogP contribution is 2.35. The Morgan fingerprint density at radius 3 is 1.71 bits per heavy atom. The maximum Gasteiger partial charge on any atom is 0.500 e. The van der Waals surface area contributed by atoms with E-state index in [1.165, 1.54) is 0 Å². The summed E-state index contributed by atoms with van der Waals surface area (Å²) in [6.45, 7) is 0. The Morgan fingerprint density at radius 2 is 1.71 bits per heavy atom. The standard InChI is InChI=1S/FH2O4P.H2O/c1-5-6(2,3)4;/h(H2,2,3,4);1H2. The highest BCUT2D eigenvalue weighted by Gasteiger charge is 2.12. The van der Waals surface area contributed by atoms with Gasteiger partial charge in [-0.05, 0) is 4.53 Å². The monoisotopic (exact) mass is 134 g/mol. The van der Waals surface area contributed by atoms with E-state index in [0.717, 1.165) is 0 Å². The minimum Gasteiger partial charge on any atom is -0.412 e. The van der Waals surface area contributed by atoms with E-state index in [0.29, 0.717) is 0 Å². The molecular weight excluding hydrogens is 130 g/mol. The van der Waals surface area contributed by atoms with Crippen molar-refractivity contribution in [3.05, 3.63) is 0 Å². The molecule has 7 heteroatoms. The van der Waals surface area contributed by atoms with Gasteiger partial charge in [0.15, 0.2) is 0 Å². The van der Waals surface area contributed by atoms with Crippen LogP contribution in [0.15, 0.2) is 0 Å². The van der Waals surface area contributed by atoms with Gasteiger partial charge in [0, 0.05) is 0 Å². The molecule has 0 saturated carbocycles.